The van der Waals surface area contributed by atoms with Gasteiger partial charge >= 0.3 is 5.97 Å². The highest BCUT2D eigenvalue weighted by atomic mass is 35.5. The van der Waals surface area contributed by atoms with Crippen LogP contribution in [0.3, 0.4) is 0 Å². The molecule has 0 spiro atoms. The van der Waals surface area contributed by atoms with Gasteiger partial charge in [-0.25, -0.2) is 4.68 Å². The van der Waals surface area contributed by atoms with Crippen molar-refractivity contribution in [2.75, 3.05) is 6.54 Å². The summed E-state index contributed by atoms with van der Waals surface area (Å²) >= 11 is 12.4. The van der Waals surface area contributed by atoms with E-state index in [1.807, 2.05) is 12.1 Å². The highest BCUT2D eigenvalue weighted by molar-refractivity contribution is 6.42. The molecule has 0 fully saturated rings. The van der Waals surface area contributed by atoms with Crippen LogP contribution in [0, 0.1) is 6.92 Å². The topological polar surface area (TPSA) is 93.5 Å². The molecule has 0 aliphatic carbocycles. The van der Waals surface area contributed by atoms with Crippen molar-refractivity contribution in [1.29, 1.82) is 0 Å². The first kappa shape index (κ1) is 26.3. The lowest BCUT2D eigenvalue weighted by Crippen LogP contribution is -2.25. The molecule has 0 saturated carbocycles. The third kappa shape index (κ3) is 6.06. The number of carboxylic acids is 1. The first-order valence-corrected chi connectivity index (χ1v) is 12.9. The minimum atomic E-state index is -0.974. The van der Waals surface area contributed by atoms with Crippen molar-refractivity contribution in [3.63, 3.8) is 0 Å². The van der Waals surface area contributed by atoms with Gasteiger partial charge in [0.25, 0.3) is 5.91 Å². The molecule has 0 aliphatic heterocycles. The Labute approximate surface area is 234 Å². The second-order valence-electron chi connectivity index (χ2n) is 8.98. The average molecular weight is 560 g/mol. The third-order valence-corrected chi connectivity index (χ3v) is 6.83. The summed E-state index contributed by atoms with van der Waals surface area (Å²) in [6, 6.07) is 24.2. The third-order valence-electron chi connectivity index (χ3n) is 6.09. The molecule has 0 bridgehead atoms. The SMILES string of the molecule is Cc1ccc2cc(-c3nn(-c4ccc(Cl)c(Cl)c4)cc3Oc3ccc(C(=O)NCCC(=O)O)cc3)ccc2c1. The lowest BCUT2D eigenvalue weighted by molar-refractivity contribution is -0.136. The summed E-state index contributed by atoms with van der Waals surface area (Å²) in [5.74, 6) is -0.324. The molecule has 4 aromatic carbocycles. The Hall–Kier alpha value is -4.33. The van der Waals surface area contributed by atoms with E-state index in [-0.39, 0.29) is 18.9 Å². The van der Waals surface area contributed by atoms with Crippen LogP contribution < -0.4 is 10.1 Å². The van der Waals surface area contributed by atoms with Gasteiger partial charge in [0, 0.05) is 17.7 Å². The van der Waals surface area contributed by atoms with E-state index in [0.717, 1.165) is 16.3 Å². The number of hydrogen-bond acceptors (Lipinski definition) is 4. The first-order valence-electron chi connectivity index (χ1n) is 12.1. The van der Waals surface area contributed by atoms with Gasteiger partial charge < -0.3 is 15.2 Å². The van der Waals surface area contributed by atoms with Gasteiger partial charge in [-0.2, -0.15) is 5.10 Å². The predicted molar refractivity (Wildman–Crippen MR) is 152 cm³/mol. The highest BCUT2D eigenvalue weighted by Crippen LogP contribution is 2.36. The molecule has 7 nitrogen and oxygen atoms in total. The van der Waals surface area contributed by atoms with Crippen LogP contribution in [0.5, 0.6) is 11.5 Å². The molecule has 2 N–H and O–H groups in total. The van der Waals surface area contributed by atoms with E-state index in [4.69, 9.17) is 38.1 Å². The maximum atomic E-state index is 12.3. The second-order valence-corrected chi connectivity index (χ2v) is 9.79. The van der Waals surface area contributed by atoms with E-state index in [1.54, 1.807) is 47.3 Å². The predicted octanol–water partition coefficient (Wildman–Crippen LogP) is 7.30. The summed E-state index contributed by atoms with van der Waals surface area (Å²) in [5, 5.41) is 19.2. The van der Waals surface area contributed by atoms with E-state index >= 15 is 0 Å². The minimum Gasteiger partial charge on any atom is -0.481 e. The molecule has 196 valence electrons. The van der Waals surface area contributed by atoms with Crippen LogP contribution in [0.1, 0.15) is 22.3 Å². The molecule has 0 radical (unpaired) electrons. The van der Waals surface area contributed by atoms with Crippen molar-refractivity contribution < 1.29 is 19.4 Å². The molecular weight excluding hydrogens is 537 g/mol. The number of aromatic nitrogens is 2. The van der Waals surface area contributed by atoms with E-state index < -0.39 is 5.97 Å². The number of nitrogens with one attached hydrogen (secondary N) is 1. The molecule has 39 heavy (non-hydrogen) atoms. The second kappa shape index (κ2) is 11.2. The van der Waals surface area contributed by atoms with Crippen LogP contribution >= 0.6 is 23.2 Å². The molecule has 1 heterocycles. The highest BCUT2D eigenvalue weighted by Gasteiger charge is 2.17. The van der Waals surface area contributed by atoms with E-state index in [0.29, 0.717) is 38.5 Å². The zero-order chi connectivity index (χ0) is 27.5. The molecule has 0 aliphatic rings. The normalized spacial score (nSPS) is 10.9. The number of amides is 1. The van der Waals surface area contributed by atoms with Crippen molar-refractivity contribution >= 4 is 45.9 Å². The molecule has 9 heteroatoms. The Morgan fingerprint density at radius 3 is 2.41 bits per heavy atom. The zero-order valence-corrected chi connectivity index (χ0v) is 22.3. The number of rotatable bonds is 8. The van der Waals surface area contributed by atoms with Crippen molar-refractivity contribution in [2.24, 2.45) is 0 Å². The summed E-state index contributed by atoms with van der Waals surface area (Å²) < 4.78 is 7.92. The van der Waals surface area contributed by atoms with E-state index in [2.05, 4.69) is 42.6 Å². The maximum absolute atomic E-state index is 12.3. The van der Waals surface area contributed by atoms with Gasteiger partial charge in [0.2, 0.25) is 0 Å². The fourth-order valence-electron chi connectivity index (χ4n) is 4.09. The van der Waals surface area contributed by atoms with Gasteiger partial charge in [-0.05, 0) is 66.2 Å². The van der Waals surface area contributed by atoms with Crippen LogP contribution in [-0.2, 0) is 4.79 Å². The quantitative estimate of drug-likeness (QED) is 0.208. The van der Waals surface area contributed by atoms with Crippen molar-refractivity contribution in [2.45, 2.75) is 13.3 Å². The Balaban J connectivity index is 1.48. The Kier molecular flexibility index (Phi) is 7.54. The molecule has 5 rings (SSSR count). The van der Waals surface area contributed by atoms with Crippen molar-refractivity contribution in [1.82, 2.24) is 15.1 Å². The minimum absolute atomic E-state index is 0.0506. The number of nitrogens with zero attached hydrogens (tertiary/aromatic N) is 2. The lowest BCUT2D eigenvalue weighted by Gasteiger charge is -2.08. The number of ether oxygens (including phenoxy) is 1. The van der Waals surface area contributed by atoms with Gasteiger partial charge in [0.1, 0.15) is 11.4 Å². The van der Waals surface area contributed by atoms with E-state index in [9.17, 15) is 9.59 Å². The zero-order valence-electron chi connectivity index (χ0n) is 20.8. The van der Waals surface area contributed by atoms with Crippen LogP contribution in [-0.4, -0.2) is 33.3 Å². The van der Waals surface area contributed by atoms with Gasteiger partial charge in [-0.3, -0.25) is 9.59 Å². The molecular formula is C30H23Cl2N3O4. The summed E-state index contributed by atoms with van der Waals surface area (Å²) in [6.07, 6.45) is 1.62. The number of hydrogen-bond donors (Lipinski definition) is 2. The summed E-state index contributed by atoms with van der Waals surface area (Å²) in [6.45, 7) is 2.11. The Bertz CT molecular complexity index is 1700. The number of carbonyl (C=O) groups is 2. The number of aliphatic carboxylic acids is 1. The van der Waals surface area contributed by atoms with E-state index in [1.165, 1.54) is 5.56 Å². The fourth-order valence-corrected chi connectivity index (χ4v) is 4.38. The molecule has 0 saturated heterocycles. The van der Waals surface area contributed by atoms with Crippen LogP contribution in [0.4, 0.5) is 0 Å². The summed E-state index contributed by atoms with van der Waals surface area (Å²) in [4.78, 5) is 23.0. The average Bonchev–Trinajstić information content (AvgIpc) is 3.33. The van der Waals surface area contributed by atoms with Gasteiger partial charge in [0.05, 0.1) is 28.4 Å². The van der Waals surface area contributed by atoms with Gasteiger partial charge in [-0.15, -0.1) is 0 Å². The van der Waals surface area contributed by atoms with Gasteiger partial charge in [-0.1, -0.05) is 59.1 Å². The smallest absolute Gasteiger partial charge is 0.305 e. The lowest BCUT2D eigenvalue weighted by atomic mass is 10.0. The number of halogens is 2. The molecule has 5 aromatic rings. The van der Waals surface area contributed by atoms with Gasteiger partial charge in [0.15, 0.2) is 5.75 Å². The number of aryl methyl sites for hydroxylation is 1. The van der Waals surface area contributed by atoms with Crippen molar-refractivity contribution in [3.8, 4) is 28.4 Å². The summed E-state index contributed by atoms with van der Waals surface area (Å²) in [7, 11) is 0. The Morgan fingerprint density at radius 1 is 0.923 bits per heavy atom. The maximum Gasteiger partial charge on any atom is 0.305 e. The number of benzene rings is 4. The standard InChI is InChI=1S/C30H23Cl2N3O4/c1-18-2-3-21-15-22(5-4-20(21)14-18)29-27(17-35(34-29)23-8-11-25(31)26(32)16-23)39-24-9-6-19(7-10-24)30(38)33-13-12-28(36)37/h2-11,14-17H,12-13H2,1H3,(H,33,38)(H,36,37). The first-order chi connectivity index (χ1) is 18.8. The monoisotopic (exact) mass is 559 g/mol. The number of fused-ring (bicyclic) bond motifs is 1. The summed E-state index contributed by atoms with van der Waals surface area (Å²) in [5.41, 5.74) is 3.78. The molecule has 0 atom stereocenters. The molecule has 1 aromatic heterocycles. The number of carbonyl (C=O) groups excluding carboxylic acids is 1. The largest absolute Gasteiger partial charge is 0.481 e. The molecule has 1 amide bonds. The van der Waals surface area contributed by atoms with Crippen LogP contribution in [0.25, 0.3) is 27.7 Å². The molecule has 0 unspecified atom stereocenters. The Morgan fingerprint density at radius 2 is 1.67 bits per heavy atom. The van der Waals surface area contributed by atoms with Crippen LogP contribution in [0.15, 0.2) is 85.1 Å². The number of carboxylic acid groups (broad SMARTS) is 1. The van der Waals surface area contributed by atoms with Crippen LogP contribution in [0.2, 0.25) is 10.0 Å². The van der Waals surface area contributed by atoms with Crippen molar-refractivity contribution in [3.05, 3.63) is 106 Å². The fraction of sp³-hybridized carbons (Fsp3) is 0.100.